The summed E-state index contributed by atoms with van der Waals surface area (Å²) in [4.78, 5) is 40.4. The number of amides is 1. The van der Waals surface area contributed by atoms with Gasteiger partial charge in [0.15, 0.2) is 0 Å². The monoisotopic (exact) mass is 490 g/mol. The molecule has 1 aliphatic heterocycles. The first kappa shape index (κ1) is 25.5. The van der Waals surface area contributed by atoms with E-state index in [0.29, 0.717) is 17.9 Å². The van der Waals surface area contributed by atoms with Crippen molar-refractivity contribution in [3.8, 4) is 5.75 Å². The molecule has 1 amide bonds. The van der Waals surface area contributed by atoms with Gasteiger partial charge in [0.25, 0.3) is 0 Å². The third-order valence-corrected chi connectivity index (χ3v) is 6.60. The number of methoxy groups -OCH3 is 2. The lowest BCUT2D eigenvalue weighted by Crippen LogP contribution is -2.37. The highest BCUT2D eigenvalue weighted by Crippen LogP contribution is 2.37. The van der Waals surface area contributed by atoms with Gasteiger partial charge in [-0.3, -0.25) is 4.79 Å². The number of ether oxygens (including phenoxy) is 4. The maximum absolute atomic E-state index is 13.1. The zero-order valence-corrected chi connectivity index (χ0v) is 20.7. The van der Waals surface area contributed by atoms with Crippen LogP contribution >= 0.6 is 11.3 Å². The first-order chi connectivity index (χ1) is 16.4. The van der Waals surface area contributed by atoms with Gasteiger partial charge in [0.05, 0.1) is 38.1 Å². The van der Waals surface area contributed by atoms with Crippen LogP contribution in [0.5, 0.6) is 5.75 Å². The zero-order valence-electron chi connectivity index (χ0n) is 19.9. The molecule has 0 atom stereocenters. The van der Waals surface area contributed by atoms with Crippen LogP contribution in [0.15, 0.2) is 18.2 Å². The predicted octanol–water partition coefficient (Wildman–Crippen LogP) is 3.44. The van der Waals surface area contributed by atoms with Gasteiger partial charge in [0.1, 0.15) is 22.2 Å². The van der Waals surface area contributed by atoms with E-state index < -0.39 is 11.9 Å². The maximum Gasteiger partial charge on any atom is 0.348 e. The number of nitrogens with zero attached hydrogens (tertiary/aromatic N) is 1. The topological polar surface area (TPSA) is 103 Å². The standard InChI is InChI=1S/C24H30N2O7S/c1-5-32-23(28)19-15(2)21(24(29)33-13-12-30-3)34-22(19)25-18(27)14-26-11-7-9-16-8-6-10-17(31-4)20(16)26/h6,8,10H,5,7,9,11-14H2,1-4H3,(H,25,27). The summed E-state index contributed by atoms with van der Waals surface area (Å²) in [6, 6.07) is 5.84. The van der Waals surface area contributed by atoms with Crippen LogP contribution in [0.2, 0.25) is 0 Å². The lowest BCUT2D eigenvalue weighted by atomic mass is 10.0. The van der Waals surface area contributed by atoms with Gasteiger partial charge in [0.2, 0.25) is 5.91 Å². The Hall–Kier alpha value is -3.11. The van der Waals surface area contributed by atoms with E-state index in [1.165, 1.54) is 7.11 Å². The Morgan fingerprint density at radius 1 is 1.12 bits per heavy atom. The fourth-order valence-electron chi connectivity index (χ4n) is 3.89. The molecule has 2 heterocycles. The molecule has 0 spiro atoms. The molecule has 184 valence electrons. The van der Waals surface area contributed by atoms with Gasteiger partial charge in [-0.1, -0.05) is 12.1 Å². The fourth-order valence-corrected chi connectivity index (χ4v) is 5.00. The average molecular weight is 491 g/mol. The van der Waals surface area contributed by atoms with Crippen LogP contribution in [-0.2, 0) is 25.4 Å². The Bertz CT molecular complexity index is 1040. The molecular formula is C24H30N2O7S. The number of carbonyl (C=O) groups is 3. The highest BCUT2D eigenvalue weighted by atomic mass is 32.1. The van der Waals surface area contributed by atoms with Crippen LogP contribution in [0.3, 0.4) is 0 Å². The molecule has 0 unspecified atom stereocenters. The van der Waals surface area contributed by atoms with E-state index in [9.17, 15) is 14.4 Å². The molecule has 34 heavy (non-hydrogen) atoms. The molecule has 0 saturated carbocycles. The Balaban J connectivity index is 1.83. The highest BCUT2D eigenvalue weighted by molar-refractivity contribution is 7.18. The van der Waals surface area contributed by atoms with Gasteiger partial charge in [-0.2, -0.15) is 0 Å². The molecule has 2 aromatic rings. The number of para-hydroxylation sites is 1. The van der Waals surface area contributed by atoms with Crippen molar-refractivity contribution in [3.63, 3.8) is 0 Å². The van der Waals surface area contributed by atoms with Crippen molar-refractivity contribution < 1.29 is 33.3 Å². The molecule has 1 N–H and O–H groups in total. The lowest BCUT2D eigenvalue weighted by Gasteiger charge is -2.32. The molecule has 0 bridgehead atoms. The predicted molar refractivity (Wildman–Crippen MR) is 129 cm³/mol. The summed E-state index contributed by atoms with van der Waals surface area (Å²) in [5, 5.41) is 3.07. The van der Waals surface area contributed by atoms with E-state index in [1.54, 1.807) is 21.0 Å². The first-order valence-electron chi connectivity index (χ1n) is 11.1. The van der Waals surface area contributed by atoms with Crippen LogP contribution in [-0.4, -0.2) is 65.0 Å². The van der Waals surface area contributed by atoms with Crippen LogP contribution in [0, 0.1) is 6.92 Å². The van der Waals surface area contributed by atoms with E-state index in [4.69, 9.17) is 18.9 Å². The average Bonchev–Trinajstić information content (AvgIpc) is 3.14. The van der Waals surface area contributed by atoms with E-state index in [1.807, 2.05) is 23.1 Å². The number of hydrogen-bond acceptors (Lipinski definition) is 9. The normalized spacial score (nSPS) is 12.6. The van der Waals surface area contributed by atoms with Crippen molar-refractivity contribution >= 4 is 39.9 Å². The smallest absolute Gasteiger partial charge is 0.348 e. The SMILES string of the molecule is CCOC(=O)c1c(NC(=O)CN2CCCc3cccc(OC)c32)sc(C(=O)OCCOC)c1C. The van der Waals surface area contributed by atoms with Crippen molar-refractivity contribution in [2.45, 2.75) is 26.7 Å². The maximum atomic E-state index is 13.1. The van der Waals surface area contributed by atoms with Crippen LogP contribution in [0.4, 0.5) is 10.7 Å². The number of fused-ring (bicyclic) bond motifs is 1. The van der Waals surface area contributed by atoms with Gasteiger partial charge in [-0.25, -0.2) is 9.59 Å². The van der Waals surface area contributed by atoms with E-state index in [2.05, 4.69) is 5.32 Å². The quantitative estimate of drug-likeness (QED) is 0.399. The highest BCUT2D eigenvalue weighted by Gasteiger charge is 2.29. The van der Waals surface area contributed by atoms with Crippen molar-refractivity contribution in [1.82, 2.24) is 0 Å². The number of benzene rings is 1. The summed E-state index contributed by atoms with van der Waals surface area (Å²) in [7, 11) is 3.11. The molecule has 1 aromatic carbocycles. The van der Waals surface area contributed by atoms with Crippen LogP contribution < -0.4 is 15.0 Å². The lowest BCUT2D eigenvalue weighted by molar-refractivity contribution is -0.115. The van der Waals surface area contributed by atoms with Gasteiger partial charge < -0.3 is 29.2 Å². The molecule has 1 aromatic heterocycles. The number of carbonyl (C=O) groups excluding carboxylic acids is 3. The largest absolute Gasteiger partial charge is 0.495 e. The third kappa shape index (κ3) is 5.68. The van der Waals surface area contributed by atoms with E-state index in [0.717, 1.165) is 35.4 Å². The van der Waals surface area contributed by atoms with E-state index in [-0.39, 0.29) is 47.7 Å². The minimum absolute atomic E-state index is 0.0696. The molecule has 9 nitrogen and oxygen atoms in total. The van der Waals surface area contributed by atoms with Crippen molar-refractivity contribution in [2.24, 2.45) is 0 Å². The molecule has 0 aliphatic carbocycles. The molecule has 0 fully saturated rings. The summed E-state index contributed by atoms with van der Waals surface area (Å²) < 4.78 is 20.8. The summed E-state index contributed by atoms with van der Waals surface area (Å²) >= 11 is 0.999. The molecule has 3 rings (SSSR count). The Kier molecular flexibility index (Phi) is 8.89. The summed E-state index contributed by atoms with van der Waals surface area (Å²) in [6.07, 6.45) is 1.83. The summed E-state index contributed by atoms with van der Waals surface area (Å²) in [5.41, 5.74) is 2.60. The van der Waals surface area contributed by atoms with E-state index >= 15 is 0 Å². The van der Waals surface area contributed by atoms with Gasteiger partial charge in [-0.05, 0) is 43.9 Å². The number of nitrogens with one attached hydrogen (secondary N) is 1. The molecule has 10 heteroatoms. The second kappa shape index (κ2) is 11.8. The number of hydrogen-bond donors (Lipinski definition) is 1. The number of thiophene rings is 1. The zero-order chi connectivity index (χ0) is 24.7. The fraction of sp³-hybridized carbons (Fsp3) is 0.458. The number of aryl methyl sites for hydroxylation is 1. The van der Waals surface area contributed by atoms with Crippen molar-refractivity contribution in [3.05, 3.63) is 39.8 Å². The molecular weight excluding hydrogens is 460 g/mol. The summed E-state index contributed by atoms with van der Waals surface area (Å²) in [5.74, 6) is -0.789. The number of esters is 2. The van der Waals surface area contributed by atoms with Crippen LogP contribution in [0.1, 0.15) is 44.5 Å². The Morgan fingerprint density at radius 3 is 2.62 bits per heavy atom. The Labute approximate surface area is 202 Å². The summed E-state index contributed by atoms with van der Waals surface area (Å²) in [6.45, 7) is 4.60. The minimum atomic E-state index is -0.604. The number of anilines is 2. The van der Waals surface area contributed by atoms with Gasteiger partial charge in [0, 0.05) is 13.7 Å². The molecule has 0 radical (unpaired) electrons. The second-order valence-corrected chi connectivity index (χ2v) is 8.67. The minimum Gasteiger partial charge on any atom is -0.495 e. The Morgan fingerprint density at radius 2 is 1.91 bits per heavy atom. The molecule has 1 aliphatic rings. The van der Waals surface area contributed by atoms with Crippen molar-refractivity contribution in [1.29, 1.82) is 0 Å². The number of rotatable bonds is 10. The third-order valence-electron chi connectivity index (χ3n) is 5.41. The molecule has 0 saturated heterocycles. The van der Waals surface area contributed by atoms with Crippen molar-refractivity contribution in [2.75, 3.05) is 57.3 Å². The first-order valence-corrected chi connectivity index (χ1v) is 11.9. The van der Waals surface area contributed by atoms with Gasteiger partial charge in [-0.15, -0.1) is 11.3 Å². The van der Waals surface area contributed by atoms with Crippen LogP contribution in [0.25, 0.3) is 0 Å². The second-order valence-electron chi connectivity index (χ2n) is 7.65. The van der Waals surface area contributed by atoms with Gasteiger partial charge >= 0.3 is 11.9 Å².